The van der Waals surface area contributed by atoms with Crippen LogP contribution in [0.1, 0.15) is 13.8 Å². The molecule has 6 N–H and O–H groups in total. The number of carboxylic acids is 1. The van der Waals surface area contributed by atoms with Crippen molar-refractivity contribution in [1.29, 1.82) is 0 Å². The number of aliphatic carboxylic acids is 1. The van der Waals surface area contributed by atoms with Gasteiger partial charge in [-0.05, 0) is 0 Å². The Morgan fingerprint density at radius 2 is 0.714 bits per heavy atom. The molecule has 0 heterocycles. The number of carbonyl (C=O) groups is 6. The predicted molar refractivity (Wildman–Crippen MR) is 65.9 cm³/mol. The number of carboxylic acid groups (broad SMARTS) is 6. The molecule has 0 aromatic carbocycles. The van der Waals surface area contributed by atoms with Crippen molar-refractivity contribution in [3.05, 3.63) is 0 Å². The van der Waals surface area contributed by atoms with E-state index in [9.17, 15) is 4.79 Å². The van der Waals surface area contributed by atoms with E-state index < -0.39 is 5.97 Å². The van der Waals surface area contributed by atoms with Gasteiger partial charge in [0.25, 0.3) is 32.4 Å². The van der Waals surface area contributed by atoms with Gasteiger partial charge in [0.05, 0.1) is 5.92 Å². The molecule has 0 aliphatic rings. The molecule has 0 aromatic heterocycles. The van der Waals surface area contributed by atoms with Gasteiger partial charge < -0.3 is 30.6 Å². The van der Waals surface area contributed by atoms with Gasteiger partial charge in [-0.1, -0.05) is 13.8 Å². The summed E-state index contributed by atoms with van der Waals surface area (Å²) >= 11 is 0. The molecule has 21 heavy (non-hydrogen) atoms. The Morgan fingerprint density at radius 1 is 0.667 bits per heavy atom. The Bertz CT molecular complexity index is 190. The van der Waals surface area contributed by atoms with Crippen LogP contribution in [0.3, 0.4) is 0 Å². The zero-order valence-corrected chi connectivity index (χ0v) is 11.1. The fraction of sp³-hybridized carbons (Fsp3) is 0.333. The van der Waals surface area contributed by atoms with Gasteiger partial charge in [-0.25, -0.2) is 0 Å². The van der Waals surface area contributed by atoms with Crippen LogP contribution in [0.25, 0.3) is 0 Å². The summed E-state index contributed by atoms with van der Waals surface area (Å²) in [4.78, 5) is 51.5. The molecule has 0 aliphatic heterocycles. The summed E-state index contributed by atoms with van der Waals surface area (Å²) in [5, 5.41) is 42.4. The summed E-state index contributed by atoms with van der Waals surface area (Å²) in [6.45, 7) is 2.03. The number of hydrogen-bond donors (Lipinski definition) is 6. The molecule has 0 aliphatic carbocycles. The summed E-state index contributed by atoms with van der Waals surface area (Å²) in [6, 6.07) is 0. The lowest BCUT2D eigenvalue weighted by atomic mass is 10.2. The van der Waals surface area contributed by atoms with Crippen molar-refractivity contribution in [1.82, 2.24) is 0 Å². The van der Waals surface area contributed by atoms with Crippen LogP contribution >= 0.6 is 0 Å². The van der Waals surface area contributed by atoms with E-state index in [0.717, 1.165) is 0 Å². The van der Waals surface area contributed by atoms with Crippen molar-refractivity contribution in [2.75, 3.05) is 0 Å². The van der Waals surface area contributed by atoms with E-state index in [4.69, 9.17) is 54.6 Å². The zero-order chi connectivity index (χ0) is 18.7. The van der Waals surface area contributed by atoms with Gasteiger partial charge >= 0.3 is 5.97 Å². The van der Waals surface area contributed by atoms with Crippen LogP contribution in [0, 0.1) is 5.92 Å². The summed E-state index contributed by atoms with van der Waals surface area (Å²) < 4.78 is 0. The van der Waals surface area contributed by atoms with Crippen LogP contribution in [-0.4, -0.2) is 69.0 Å². The molecule has 0 fully saturated rings. The maximum absolute atomic E-state index is 9.70. The van der Waals surface area contributed by atoms with Crippen molar-refractivity contribution in [3.8, 4) is 0 Å². The Kier molecular flexibility index (Phi) is 118. The van der Waals surface area contributed by atoms with Crippen molar-refractivity contribution in [2.24, 2.45) is 5.92 Å². The third-order valence-corrected chi connectivity index (χ3v) is 0.494. The second-order valence-corrected chi connectivity index (χ2v) is 2.02. The van der Waals surface area contributed by atoms with Gasteiger partial charge in [-0.15, -0.1) is 0 Å². The highest BCUT2D eigenvalue weighted by molar-refractivity contribution is 5.68. The molecule has 0 aromatic rings. The van der Waals surface area contributed by atoms with Crippen molar-refractivity contribution in [3.63, 3.8) is 0 Å². The molecule has 12 heteroatoms. The molecular weight excluding hydrogens is 300 g/mol. The second kappa shape index (κ2) is 68.8. The number of rotatable bonds is 1. The van der Waals surface area contributed by atoms with Crippen LogP contribution < -0.4 is 0 Å². The normalized spacial score (nSPS) is 5.48. The minimum Gasteiger partial charge on any atom is -0.483 e. The molecule has 0 atom stereocenters. The van der Waals surface area contributed by atoms with E-state index in [1.54, 1.807) is 13.8 Å². The molecule has 0 radical (unpaired) electrons. The first-order valence-electron chi connectivity index (χ1n) is 4.34. The Hall–Kier alpha value is -3.18. The lowest BCUT2D eigenvalue weighted by Gasteiger charge is -1.89. The third kappa shape index (κ3) is 5490. The molecule has 126 valence electrons. The quantitative estimate of drug-likeness (QED) is 0.328. The standard InChI is InChI=1S/C4H8O2.5CH2O2/c1-3(2)4(5)6;5*2-1-3/h3H,1-2H3,(H,5,6);5*1H,(H,2,3). The van der Waals surface area contributed by atoms with Gasteiger partial charge in [0.2, 0.25) is 0 Å². The summed E-state index contributed by atoms with van der Waals surface area (Å²) in [5.74, 6) is -0.972. The lowest BCUT2D eigenvalue weighted by molar-refractivity contribution is -0.140. The second-order valence-electron chi connectivity index (χ2n) is 2.02. The highest BCUT2D eigenvalue weighted by Crippen LogP contribution is 1.87. The molecule has 0 amide bonds. The van der Waals surface area contributed by atoms with Crippen LogP contribution in [0.4, 0.5) is 0 Å². The third-order valence-electron chi connectivity index (χ3n) is 0.494. The Balaban J connectivity index is -0.0000000333. The van der Waals surface area contributed by atoms with Crippen molar-refractivity contribution < 1.29 is 59.4 Å². The largest absolute Gasteiger partial charge is 0.483 e. The smallest absolute Gasteiger partial charge is 0.305 e. The average Bonchev–Trinajstić information content (AvgIpc) is 2.33. The molecule has 12 nitrogen and oxygen atoms in total. The molecule has 0 bridgehead atoms. The maximum Gasteiger partial charge on any atom is 0.305 e. The van der Waals surface area contributed by atoms with E-state index in [1.165, 1.54) is 0 Å². The van der Waals surface area contributed by atoms with E-state index in [-0.39, 0.29) is 38.3 Å². The van der Waals surface area contributed by atoms with Gasteiger partial charge in [0, 0.05) is 0 Å². The molecule has 0 spiro atoms. The first-order valence-corrected chi connectivity index (χ1v) is 4.34. The summed E-state index contributed by atoms with van der Waals surface area (Å²) in [6.07, 6.45) is 0. The van der Waals surface area contributed by atoms with Gasteiger partial charge in [-0.3, -0.25) is 28.8 Å². The zero-order valence-electron chi connectivity index (χ0n) is 11.1. The predicted octanol–water partition coefficient (Wildman–Crippen LogP) is -0.769. The topological polar surface area (TPSA) is 224 Å². The first-order chi connectivity index (χ1) is 9.71. The van der Waals surface area contributed by atoms with Gasteiger partial charge in [-0.2, -0.15) is 0 Å². The SMILES string of the molecule is CC(C)C(=O)O.O=CO.O=CO.O=CO.O=CO.O=CO. The highest BCUT2D eigenvalue weighted by Gasteiger charge is 1.99. The van der Waals surface area contributed by atoms with Crippen LogP contribution in [0.5, 0.6) is 0 Å². The van der Waals surface area contributed by atoms with E-state index in [2.05, 4.69) is 0 Å². The van der Waals surface area contributed by atoms with Crippen LogP contribution in [-0.2, 0) is 28.8 Å². The van der Waals surface area contributed by atoms with E-state index >= 15 is 0 Å². The first kappa shape index (κ1) is 36.1. The molecule has 0 saturated heterocycles. The van der Waals surface area contributed by atoms with Crippen molar-refractivity contribution >= 4 is 38.3 Å². The van der Waals surface area contributed by atoms with Crippen molar-refractivity contribution in [2.45, 2.75) is 13.8 Å². The monoisotopic (exact) mass is 318 g/mol. The Morgan fingerprint density at radius 3 is 0.714 bits per heavy atom. The van der Waals surface area contributed by atoms with Gasteiger partial charge in [0.15, 0.2) is 0 Å². The summed E-state index contributed by atoms with van der Waals surface area (Å²) in [7, 11) is 0. The molecular formula is C9H18O12. The van der Waals surface area contributed by atoms with Gasteiger partial charge in [0.1, 0.15) is 0 Å². The van der Waals surface area contributed by atoms with E-state index in [1.807, 2.05) is 0 Å². The minimum atomic E-state index is -0.741. The molecule has 0 unspecified atom stereocenters. The maximum atomic E-state index is 9.70. The Labute approximate surface area is 118 Å². The average molecular weight is 318 g/mol. The summed E-state index contributed by atoms with van der Waals surface area (Å²) in [5.41, 5.74) is 0. The fourth-order valence-corrected chi connectivity index (χ4v) is 0. The molecule has 0 saturated carbocycles. The van der Waals surface area contributed by atoms with Crippen LogP contribution in [0.2, 0.25) is 0 Å². The van der Waals surface area contributed by atoms with Crippen LogP contribution in [0.15, 0.2) is 0 Å². The highest BCUT2D eigenvalue weighted by atomic mass is 16.4. The lowest BCUT2D eigenvalue weighted by Crippen LogP contribution is -2.03. The fourth-order valence-electron chi connectivity index (χ4n) is 0. The van der Waals surface area contributed by atoms with E-state index in [0.29, 0.717) is 0 Å². The molecule has 0 rings (SSSR count). The number of hydrogen-bond acceptors (Lipinski definition) is 6. The minimum absolute atomic E-state index is 0.231.